The Bertz CT molecular complexity index is 1100. The Hall–Kier alpha value is -2.77. The number of rotatable bonds is 7. The van der Waals surface area contributed by atoms with Gasteiger partial charge in [-0.1, -0.05) is 36.9 Å². The first-order chi connectivity index (χ1) is 15.8. The van der Waals surface area contributed by atoms with Gasteiger partial charge in [0.25, 0.3) is 0 Å². The highest BCUT2D eigenvalue weighted by Gasteiger charge is 2.24. The van der Waals surface area contributed by atoms with Gasteiger partial charge >= 0.3 is 0 Å². The van der Waals surface area contributed by atoms with Crippen molar-refractivity contribution >= 4 is 23.3 Å². The van der Waals surface area contributed by atoms with Crippen LogP contribution in [-0.4, -0.2) is 40.4 Å². The molecule has 4 rings (SSSR count). The highest BCUT2D eigenvalue weighted by Crippen LogP contribution is 2.37. The van der Waals surface area contributed by atoms with E-state index in [1.807, 2.05) is 23.2 Å². The lowest BCUT2D eigenvalue weighted by Gasteiger charge is -2.23. The van der Waals surface area contributed by atoms with Gasteiger partial charge in [0.15, 0.2) is 0 Å². The Morgan fingerprint density at radius 1 is 1.24 bits per heavy atom. The number of carbonyl (C=O) groups excluding carboxylic acids is 1. The van der Waals surface area contributed by atoms with E-state index in [4.69, 9.17) is 9.84 Å². The molecule has 33 heavy (non-hydrogen) atoms. The van der Waals surface area contributed by atoms with Gasteiger partial charge in [-0.3, -0.25) is 9.48 Å². The molecular formula is C26H32N4O2S. The fourth-order valence-electron chi connectivity index (χ4n) is 4.01. The number of thiazole rings is 1. The molecule has 3 aromatic rings. The molecule has 1 saturated heterocycles. The van der Waals surface area contributed by atoms with Crippen LogP contribution in [0.4, 0.5) is 0 Å². The maximum absolute atomic E-state index is 12.5. The Balaban J connectivity index is 1.54. The molecule has 6 nitrogen and oxygen atoms in total. The zero-order chi connectivity index (χ0) is 23.4. The number of aromatic nitrogens is 3. The Kier molecular flexibility index (Phi) is 7.10. The Morgan fingerprint density at radius 2 is 1.97 bits per heavy atom. The minimum absolute atomic E-state index is 0.0438. The Morgan fingerprint density at radius 3 is 2.64 bits per heavy atom. The molecule has 2 aromatic heterocycles. The highest BCUT2D eigenvalue weighted by molar-refractivity contribution is 7.15. The van der Waals surface area contributed by atoms with Crippen LogP contribution in [0.2, 0.25) is 0 Å². The first kappa shape index (κ1) is 23.4. The summed E-state index contributed by atoms with van der Waals surface area (Å²) in [6.45, 7) is 12.6. The summed E-state index contributed by atoms with van der Waals surface area (Å²) in [6, 6.07) is 8.31. The van der Waals surface area contributed by atoms with Gasteiger partial charge in [0.2, 0.25) is 5.91 Å². The monoisotopic (exact) mass is 464 g/mol. The van der Waals surface area contributed by atoms with Crippen molar-refractivity contribution in [1.82, 2.24) is 20.1 Å². The molecule has 1 aliphatic rings. The molecule has 0 unspecified atom stereocenters. The van der Waals surface area contributed by atoms with Crippen molar-refractivity contribution in [3.05, 3.63) is 53.7 Å². The average molecular weight is 465 g/mol. The summed E-state index contributed by atoms with van der Waals surface area (Å²) in [4.78, 5) is 18.1. The van der Waals surface area contributed by atoms with Crippen LogP contribution in [0, 0.1) is 5.92 Å². The minimum atomic E-state index is -0.186. The van der Waals surface area contributed by atoms with E-state index >= 15 is 0 Å². The predicted octanol–water partition coefficient (Wildman–Crippen LogP) is 5.16. The summed E-state index contributed by atoms with van der Waals surface area (Å²) in [5.41, 5.74) is 3.98. The third kappa shape index (κ3) is 5.60. The van der Waals surface area contributed by atoms with E-state index < -0.39 is 0 Å². The largest absolute Gasteiger partial charge is 0.381 e. The van der Waals surface area contributed by atoms with Crippen LogP contribution < -0.4 is 5.32 Å². The summed E-state index contributed by atoms with van der Waals surface area (Å²) in [6.07, 6.45) is 7.91. The second kappa shape index (κ2) is 10.0. The van der Waals surface area contributed by atoms with Crippen LogP contribution in [0.25, 0.3) is 27.9 Å². The number of carbonyl (C=O) groups is 1. The molecule has 0 atom stereocenters. The van der Waals surface area contributed by atoms with Crippen LogP contribution in [-0.2, 0) is 21.5 Å². The number of hydrogen-bond acceptors (Lipinski definition) is 5. The van der Waals surface area contributed by atoms with E-state index in [-0.39, 0.29) is 11.4 Å². The van der Waals surface area contributed by atoms with E-state index in [1.54, 1.807) is 11.3 Å². The number of benzene rings is 1. The lowest BCUT2D eigenvalue weighted by molar-refractivity contribution is -0.120. The summed E-state index contributed by atoms with van der Waals surface area (Å²) < 4.78 is 7.44. The first-order valence-electron chi connectivity index (χ1n) is 11.5. The van der Waals surface area contributed by atoms with Crippen molar-refractivity contribution in [2.75, 3.05) is 19.8 Å². The molecule has 1 aliphatic heterocycles. The lowest BCUT2D eigenvalue weighted by Crippen LogP contribution is -2.32. The summed E-state index contributed by atoms with van der Waals surface area (Å²) in [5, 5.41) is 8.67. The quantitative estimate of drug-likeness (QED) is 0.525. The SMILES string of the molecule is C=Cc1ccc(-c2c(-c3ncc(CC(=O)NCC4CCOCC4)s3)cnn2C(C)(C)C)cc1. The van der Waals surface area contributed by atoms with Gasteiger partial charge in [-0.05, 0) is 45.1 Å². The van der Waals surface area contributed by atoms with E-state index in [9.17, 15) is 4.79 Å². The van der Waals surface area contributed by atoms with E-state index in [1.165, 1.54) is 0 Å². The lowest BCUT2D eigenvalue weighted by atomic mass is 10.0. The molecule has 7 heteroatoms. The molecule has 1 amide bonds. The second-order valence-corrected chi connectivity index (χ2v) is 10.6. The van der Waals surface area contributed by atoms with Crippen molar-refractivity contribution in [3.8, 4) is 21.8 Å². The molecule has 0 aliphatic carbocycles. The molecule has 174 valence electrons. The fraction of sp³-hybridized carbons (Fsp3) is 0.423. The van der Waals surface area contributed by atoms with Gasteiger partial charge in [0.1, 0.15) is 5.01 Å². The summed E-state index contributed by atoms with van der Waals surface area (Å²) >= 11 is 1.55. The predicted molar refractivity (Wildman–Crippen MR) is 134 cm³/mol. The van der Waals surface area contributed by atoms with E-state index in [0.717, 1.165) is 64.9 Å². The number of amides is 1. The van der Waals surface area contributed by atoms with Gasteiger partial charge < -0.3 is 10.1 Å². The molecule has 1 fully saturated rings. The number of ether oxygens (including phenoxy) is 1. The third-order valence-electron chi connectivity index (χ3n) is 5.87. The molecule has 0 radical (unpaired) electrons. The van der Waals surface area contributed by atoms with Crippen molar-refractivity contribution < 1.29 is 9.53 Å². The maximum atomic E-state index is 12.5. The van der Waals surface area contributed by atoms with Gasteiger partial charge in [0, 0.05) is 36.4 Å². The second-order valence-electron chi connectivity index (χ2n) is 9.48. The van der Waals surface area contributed by atoms with Crippen LogP contribution in [0.5, 0.6) is 0 Å². The van der Waals surface area contributed by atoms with Crippen molar-refractivity contribution in [3.63, 3.8) is 0 Å². The Labute approximate surface area is 199 Å². The molecule has 0 spiro atoms. The highest BCUT2D eigenvalue weighted by atomic mass is 32.1. The zero-order valence-corrected chi connectivity index (χ0v) is 20.5. The summed E-state index contributed by atoms with van der Waals surface area (Å²) in [7, 11) is 0. The number of nitrogens with zero attached hydrogens (tertiary/aromatic N) is 3. The average Bonchev–Trinajstić information content (AvgIpc) is 3.45. The van der Waals surface area contributed by atoms with Gasteiger partial charge in [0.05, 0.1) is 29.4 Å². The van der Waals surface area contributed by atoms with Gasteiger partial charge in [-0.25, -0.2) is 4.98 Å². The van der Waals surface area contributed by atoms with Crippen molar-refractivity contribution in [2.24, 2.45) is 5.92 Å². The zero-order valence-electron chi connectivity index (χ0n) is 19.6. The smallest absolute Gasteiger partial charge is 0.225 e. The normalized spacial score (nSPS) is 14.9. The number of nitrogens with one attached hydrogen (secondary N) is 1. The van der Waals surface area contributed by atoms with Crippen molar-refractivity contribution in [2.45, 2.75) is 45.6 Å². The molecule has 1 N–H and O–H groups in total. The molecular weight excluding hydrogens is 432 g/mol. The topological polar surface area (TPSA) is 69.0 Å². The molecule has 0 bridgehead atoms. The van der Waals surface area contributed by atoms with Crippen LogP contribution in [0.1, 0.15) is 44.1 Å². The van der Waals surface area contributed by atoms with Crippen LogP contribution >= 0.6 is 11.3 Å². The summed E-state index contributed by atoms with van der Waals surface area (Å²) in [5.74, 6) is 0.556. The standard InChI is InChI=1S/C26H32N4O2S/c1-5-18-6-8-20(9-7-18)24-22(17-29-30(24)26(2,3)4)25-28-16-21(33-25)14-23(31)27-15-19-10-12-32-13-11-19/h5-9,16-17,19H,1,10-15H2,2-4H3,(H,27,31). The maximum Gasteiger partial charge on any atom is 0.225 e. The van der Waals surface area contributed by atoms with Crippen molar-refractivity contribution in [1.29, 1.82) is 0 Å². The van der Waals surface area contributed by atoms with Crippen LogP contribution in [0.15, 0.2) is 43.2 Å². The fourth-order valence-corrected chi connectivity index (χ4v) is 4.93. The third-order valence-corrected chi connectivity index (χ3v) is 6.90. The van der Waals surface area contributed by atoms with Gasteiger partial charge in [-0.15, -0.1) is 11.3 Å². The molecule has 3 heterocycles. The van der Waals surface area contributed by atoms with Gasteiger partial charge in [-0.2, -0.15) is 5.10 Å². The van der Waals surface area contributed by atoms with E-state index in [2.05, 4.69) is 61.9 Å². The minimum Gasteiger partial charge on any atom is -0.381 e. The molecule has 0 saturated carbocycles. The van der Waals surface area contributed by atoms with Crippen LogP contribution in [0.3, 0.4) is 0 Å². The van der Waals surface area contributed by atoms with E-state index in [0.29, 0.717) is 12.3 Å². The molecule has 1 aromatic carbocycles. The first-order valence-corrected chi connectivity index (χ1v) is 12.3. The number of hydrogen-bond donors (Lipinski definition) is 1.